The molecule has 1 aliphatic heterocycles. The second kappa shape index (κ2) is 7.80. The summed E-state index contributed by atoms with van der Waals surface area (Å²) >= 11 is 0. The van der Waals surface area contributed by atoms with E-state index in [0.717, 1.165) is 43.1 Å². The second-order valence-corrected chi connectivity index (χ2v) is 6.78. The van der Waals surface area contributed by atoms with Crippen molar-refractivity contribution in [3.8, 4) is 5.69 Å². The first-order chi connectivity index (χ1) is 12.8. The van der Waals surface area contributed by atoms with E-state index in [-0.39, 0.29) is 6.10 Å². The van der Waals surface area contributed by atoms with E-state index in [1.807, 2.05) is 29.1 Å². The zero-order chi connectivity index (χ0) is 17.8. The van der Waals surface area contributed by atoms with Crippen molar-refractivity contribution in [3.63, 3.8) is 0 Å². The lowest BCUT2D eigenvalue weighted by molar-refractivity contribution is -0.0303. The number of aryl methyl sites for hydroxylation is 1. The van der Waals surface area contributed by atoms with Gasteiger partial charge in [-0.25, -0.2) is 4.68 Å². The van der Waals surface area contributed by atoms with Gasteiger partial charge in [0.05, 0.1) is 23.3 Å². The SMILES string of the molecule is Cc1ccccc1-n1cc(CNC[C@@H]2CCCO[C@H]2c2ccn[nH]2)nn1. The highest BCUT2D eigenvalue weighted by atomic mass is 16.5. The predicted molar refractivity (Wildman–Crippen MR) is 97.8 cm³/mol. The lowest BCUT2D eigenvalue weighted by atomic mass is 9.92. The zero-order valence-electron chi connectivity index (χ0n) is 14.9. The van der Waals surface area contributed by atoms with Gasteiger partial charge in [-0.05, 0) is 37.5 Å². The number of ether oxygens (including phenoxy) is 1. The van der Waals surface area contributed by atoms with Gasteiger partial charge in [0, 0.05) is 31.8 Å². The van der Waals surface area contributed by atoms with Crippen LogP contribution in [0.5, 0.6) is 0 Å². The minimum absolute atomic E-state index is 0.0846. The molecule has 4 rings (SSSR count). The van der Waals surface area contributed by atoms with Crippen molar-refractivity contribution in [1.29, 1.82) is 0 Å². The normalized spacial score (nSPS) is 20.3. The Labute approximate surface area is 152 Å². The number of hydrogen-bond donors (Lipinski definition) is 2. The smallest absolute Gasteiger partial charge is 0.103 e. The van der Waals surface area contributed by atoms with Crippen LogP contribution >= 0.6 is 0 Å². The Balaban J connectivity index is 1.35. The van der Waals surface area contributed by atoms with Crippen molar-refractivity contribution < 1.29 is 4.74 Å². The van der Waals surface area contributed by atoms with Crippen LogP contribution in [0, 0.1) is 12.8 Å². The third-order valence-corrected chi connectivity index (χ3v) is 4.89. The molecule has 26 heavy (non-hydrogen) atoms. The van der Waals surface area contributed by atoms with Crippen molar-refractivity contribution in [1.82, 2.24) is 30.5 Å². The molecule has 136 valence electrons. The molecular formula is C19H24N6O. The summed E-state index contributed by atoms with van der Waals surface area (Å²) in [5.41, 5.74) is 4.23. The third-order valence-electron chi connectivity index (χ3n) is 4.89. The second-order valence-electron chi connectivity index (χ2n) is 6.78. The average Bonchev–Trinajstić information content (AvgIpc) is 3.35. The van der Waals surface area contributed by atoms with Gasteiger partial charge in [0.25, 0.3) is 0 Å². The molecule has 3 heterocycles. The van der Waals surface area contributed by atoms with Crippen molar-refractivity contribution in [2.24, 2.45) is 5.92 Å². The summed E-state index contributed by atoms with van der Waals surface area (Å²) < 4.78 is 7.81. The summed E-state index contributed by atoms with van der Waals surface area (Å²) in [6.45, 7) is 4.46. The number of aromatic nitrogens is 5. The molecule has 1 aromatic carbocycles. The Morgan fingerprint density at radius 2 is 2.23 bits per heavy atom. The molecular weight excluding hydrogens is 328 g/mol. The maximum atomic E-state index is 5.97. The van der Waals surface area contributed by atoms with E-state index in [9.17, 15) is 0 Å². The number of aromatic amines is 1. The van der Waals surface area contributed by atoms with Crippen molar-refractivity contribution >= 4 is 0 Å². The molecule has 0 spiro atoms. The Morgan fingerprint density at radius 1 is 1.31 bits per heavy atom. The molecule has 2 aromatic heterocycles. The molecule has 1 saturated heterocycles. The van der Waals surface area contributed by atoms with E-state index in [2.05, 4.69) is 44.9 Å². The fourth-order valence-electron chi connectivity index (χ4n) is 3.52. The average molecular weight is 352 g/mol. The molecule has 1 fully saturated rings. The molecule has 2 atom stereocenters. The third kappa shape index (κ3) is 3.68. The number of H-pyrrole nitrogens is 1. The number of nitrogens with one attached hydrogen (secondary N) is 2. The van der Waals surface area contributed by atoms with E-state index >= 15 is 0 Å². The maximum absolute atomic E-state index is 5.97. The Morgan fingerprint density at radius 3 is 3.08 bits per heavy atom. The monoisotopic (exact) mass is 352 g/mol. The summed E-state index contributed by atoms with van der Waals surface area (Å²) in [6, 6.07) is 10.2. The van der Waals surface area contributed by atoms with Gasteiger partial charge in [0.1, 0.15) is 6.10 Å². The van der Waals surface area contributed by atoms with Crippen molar-refractivity contribution in [3.05, 3.63) is 59.7 Å². The van der Waals surface area contributed by atoms with Gasteiger partial charge in [-0.15, -0.1) is 5.10 Å². The van der Waals surface area contributed by atoms with Crippen LogP contribution in [0.4, 0.5) is 0 Å². The van der Waals surface area contributed by atoms with E-state index in [0.29, 0.717) is 12.5 Å². The van der Waals surface area contributed by atoms with Crippen LogP contribution in [0.2, 0.25) is 0 Å². The van der Waals surface area contributed by atoms with Crippen molar-refractivity contribution in [2.75, 3.05) is 13.2 Å². The highest BCUT2D eigenvalue weighted by Gasteiger charge is 2.28. The molecule has 0 unspecified atom stereocenters. The number of hydrogen-bond acceptors (Lipinski definition) is 5. The first-order valence-corrected chi connectivity index (χ1v) is 9.10. The molecule has 7 heteroatoms. The van der Waals surface area contributed by atoms with Crippen LogP contribution in [0.1, 0.15) is 35.9 Å². The molecule has 0 aliphatic carbocycles. The molecule has 0 radical (unpaired) electrons. The summed E-state index contributed by atoms with van der Waals surface area (Å²) in [7, 11) is 0. The van der Waals surface area contributed by atoms with Gasteiger partial charge in [-0.3, -0.25) is 5.10 Å². The van der Waals surface area contributed by atoms with Gasteiger partial charge in [0.2, 0.25) is 0 Å². The number of benzene rings is 1. The lowest BCUT2D eigenvalue weighted by Gasteiger charge is -2.31. The van der Waals surface area contributed by atoms with Crippen LogP contribution in [0.25, 0.3) is 5.69 Å². The summed E-state index contributed by atoms with van der Waals surface area (Å²) in [6.07, 6.45) is 6.09. The van der Waals surface area contributed by atoms with Gasteiger partial charge >= 0.3 is 0 Å². The van der Waals surface area contributed by atoms with Gasteiger partial charge in [-0.2, -0.15) is 5.10 Å². The molecule has 1 aliphatic rings. The first kappa shape index (κ1) is 16.9. The van der Waals surface area contributed by atoms with Crippen molar-refractivity contribution in [2.45, 2.75) is 32.4 Å². The van der Waals surface area contributed by atoms with Gasteiger partial charge in [-0.1, -0.05) is 23.4 Å². The van der Waals surface area contributed by atoms with Crippen LogP contribution in [0.3, 0.4) is 0 Å². The predicted octanol–water partition coefficient (Wildman–Crippen LogP) is 2.56. The van der Waals surface area contributed by atoms with E-state index in [1.54, 1.807) is 6.20 Å². The van der Waals surface area contributed by atoms with E-state index < -0.39 is 0 Å². The highest BCUT2D eigenvalue weighted by molar-refractivity contribution is 5.38. The molecule has 3 aromatic rings. The number of para-hydroxylation sites is 1. The maximum Gasteiger partial charge on any atom is 0.103 e. The van der Waals surface area contributed by atoms with E-state index in [1.165, 1.54) is 5.56 Å². The minimum atomic E-state index is 0.0846. The molecule has 7 nitrogen and oxygen atoms in total. The number of rotatable bonds is 6. The number of nitrogens with zero attached hydrogens (tertiary/aromatic N) is 4. The lowest BCUT2D eigenvalue weighted by Crippen LogP contribution is -2.32. The largest absolute Gasteiger partial charge is 0.372 e. The van der Waals surface area contributed by atoms with Crippen LogP contribution < -0.4 is 5.32 Å². The first-order valence-electron chi connectivity index (χ1n) is 9.10. The zero-order valence-corrected chi connectivity index (χ0v) is 14.9. The topological polar surface area (TPSA) is 80.6 Å². The van der Waals surface area contributed by atoms with E-state index in [4.69, 9.17) is 4.74 Å². The molecule has 0 saturated carbocycles. The molecule has 2 N–H and O–H groups in total. The Kier molecular flexibility index (Phi) is 5.08. The highest BCUT2D eigenvalue weighted by Crippen LogP contribution is 2.31. The van der Waals surface area contributed by atoms with Gasteiger partial charge in [0.15, 0.2) is 0 Å². The summed E-state index contributed by atoms with van der Waals surface area (Å²) in [4.78, 5) is 0. The standard InChI is InChI=1S/C19H24N6O/c1-14-5-2-3-7-18(14)25-13-16(22-24-25)12-20-11-15-6-4-10-26-19(15)17-8-9-21-23-17/h2-3,5,7-9,13,15,19-20H,4,6,10-12H2,1H3,(H,21,23)/t15-,19+/m0/s1. The van der Waals surface area contributed by atoms with Crippen LogP contribution in [-0.2, 0) is 11.3 Å². The molecule has 0 bridgehead atoms. The van der Waals surface area contributed by atoms with Gasteiger partial charge < -0.3 is 10.1 Å². The Hall–Kier alpha value is -2.51. The quantitative estimate of drug-likeness (QED) is 0.713. The minimum Gasteiger partial charge on any atom is -0.372 e. The summed E-state index contributed by atoms with van der Waals surface area (Å²) in [5, 5.41) is 19.2. The Bertz CT molecular complexity index is 828. The molecule has 0 amide bonds. The fraction of sp³-hybridized carbons (Fsp3) is 0.421. The summed E-state index contributed by atoms with van der Waals surface area (Å²) in [5.74, 6) is 0.426. The fourth-order valence-corrected chi connectivity index (χ4v) is 3.52. The van der Waals surface area contributed by atoms with Crippen LogP contribution in [0.15, 0.2) is 42.7 Å². The van der Waals surface area contributed by atoms with Crippen LogP contribution in [-0.4, -0.2) is 38.3 Å².